The van der Waals surface area contributed by atoms with Gasteiger partial charge in [0.25, 0.3) is 5.56 Å². The van der Waals surface area contributed by atoms with Gasteiger partial charge in [0, 0.05) is 33.3 Å². The van der Waals surface area contributed by atoms with Crippen LogP contribution < -0.4 is 15.8 Å². The Morgan fingerprint density at radius 1 is 1.59 bits per heavy atom. The number of anilines is 1. The van der Waals surface area contributed by atoms with Gasteiger partial charge in [-0.05, 0) is 7.05 Å². The van der Waals surface area contributed by atoms with Crippen LogP contribution in [0.25, 0.3) is 0 Å². The van der Waals surface area contributed by atoms with Crippen LogP contribution in [0.15, 0.2) is 17.1 Å². The van der Waals surface area contributed by atoms with Gasteiger partial charge in [-0.25, -0.2) is 4.68 Å². The summed E-state index contributed by atoms with van der Waals surface area (Å²) in [5.74, 6) is 0. The van der Waals surface area contributed by atoms with E-state index in [4.69, 9.17) is 4.74 Å². The number of methoxy groups -OCH3 is 1. The molecule has 0 aliphatic carbocycles. The number of nitrogens with zero attached hydrogens (tertiary/aromatic N) is 3. The second-order valence-corrected chi connectivity index (χ2v) is 4.07. The molecule has 0 bridgehead atoms. The minimum absolute atomic E-state index is 0.0791. The minimum atomic E-state index is -0.104. The molecular formula is C11H20N4O2. The summed E-state index contributed by atoms with van der Waals surface area (Å²) in [4.78, 5) is 13.7. The van der Waals surface area contributed by atoms with Crippen LogP contribution in [0.3, 0.4) is 0 Å². The van der Waals surface area contributed by atoms with Crippen molar-refractivity contribution in [2.45, 2.75) is 12.6 Å². The largest absolute Gasteiger partial charge is 0.383 e. The molecular weight excluding hydrogens is 220 g/mol. The number of ether oxygens (including phenoxy) is 1. The van der Waals surface area contributed by atoms with Crippen molar-refractivity contribution in [1.82, 2.24) is 15.1 Å². The van der Waals surface area contributed by atoms with Gasteiger partial charge in [-0.3, -0.25) is 4.79 Å². The molecule has 1 heterocycles. The zero-order chi connectivity index (χ0) is 12.8. The zero-order valence-corrected chi connectivity index (χ0v) is 10.8. The average Bonchev–Trinajstić information content (AvgIpc) is 2.30. The van der Waals surface area contributed by atoms with Gasteiger partial charge in [-0.2, -0.15) is 5.10 Å². The number of aromatic nitrogens is 2. The van der Waals surface area contributed by atoms with Crippen molar-refractivity contribution in [3.63, 3.8) is 0 Å². The molecule has 1 atom stereocenters. The van der Waals surface area contributed by atoms with Crippen molar-refractivity contribution < 1.29 is 4.74 Å². The Bertz CT molecular complexity index is 403. The maximum absolute atomic E-state index is 11.8. The summed E-state index contributed by atoms with van der Waals surface area (Å²) < 4.78 is 6.49. The number of rotatable bonds is 6. The fourth-order valence-corrected chi connectivity index (χ4v) is 1.44. The molecule has 96 valence electrons. The third-order valence-corrected chi connectivity index (χ3v) is 2.54. The second kappa shape index (κ2) is 6.36. The molecule has 0 aromatic carbocycles. The normalized spacial score (nSPS) is 12.5. The predicted molar refractivity (Wildman–Crippen MR) is 67.5 cm³/mol. The molecule has 1 aromatic rings. The van der Waals surface area contributed by atoms with E-state index in [-0.39, 0.29) is 11.6 Å². The maximum Gasteiger partial charge on any atom is 0.268 e. The monoisotopic (exact) mass is 240 g/mol. The van der Waals surface area contributed by atoms with Gasteiger partial charge in [0.2, 0.25) is 0 Å². The van der Waals surface area contributed by atoms with Gasteiger partial charge in [0.05, 0.1) is 25.0 Å². The van der Waals surface area contributed by atoms with E-state index in [1.807, 2.05) is 26.0 Å². The lowest BCUT2D eigenvalue weighted by molar-refractivity contribution is 0.159. The summed E-state index contributed by atoms with van der Waals surface area (Å²) in [5, 5.41) is 7.22. The molecule has 0 aliphatic rings. The molecule has 0 fully saturated rings. The molecule has 1 N–H and O–H groups in total. The van der Waals surface area contributed by atoms with Crippen molar-refractivity contribution in [2.24, 2.45) is 0 Å². The fourth-order valence-electron chi connectivity index (χ4n) is 1.44. The predicted octanol–water partition coefficient (Wildman–Crippen LogP) is -0.456. The third kappa shape index (κ3) is 3.83. The van der Waals surface area contributed by atoms with Crippen LogP contribution in [-0.2, 0) is 11.3 Å². The molecule has 1 aromatic heterocycles. The lowest BCUT2D eigenvalue weighted by Crippen LogP contribution is -2.38. The topological polar surface area (TPSA) is 59.4 Å². The van der Waals surface area contributed by atoms with Gasteiger partial charge in [-0.1, -0.05) is 0 Å². The molecule has 0 saturated heterocycles. The molecule has 0 saturated carbocycles. The van der Waals surface area contributed by atoms with Crippen LogP contribution in [0.5, 0.6) is 0 Å². The Kier molecular flexibility index (Phi) is 5.11. The smallest absolute Gasteiger partial charge is 0.268 e. The Morgan fingerprint density at radius 3 is 2.76 bits per heavy atom. The fraction of sp³-hybridized carbons (Fsp3) is 0.636. The van der Waals surface area contributed by atoms with Crippen molar-refractivity contribution in [2.75, 3.05) is 39.8 Å². The quantitative estimate of drug-likeness (QED) is 0.729. The summed E-state index contributed by atoms with van der Waals surface area (Å²) in [6, 6.07) is 1.65. The van der Waals surface area contributed by atoms with E-state index in [1.165, 1.54) is 4.68 Å². The molecule has 0 aliphatic heterocycles. The molecule has 6 heteroatoms. The van der Waals surface area contributed by atoms with Gasteiger partial charge >= 0.3 is 0 Å². The summed E-state index contributed by atoms with van der Waals surface area (Å²) in [7, 11) is 7.23. The van der Waals surface area contributed by atoms with Crippen molar-refractivity contribution >= 4 is 5.69 Å². The first-order valence-corrected chi connectivity index (χ1v) is 5.49. The van der Waals surface area contributed by atoms with Crippen molar-refractivity contribution in [3.8, 4) is 0 Å². The lowest BCUT2D eigenvalue weighted by Gasteiger charge is -2.17. The molecule has 0 amide bonds. The van der Waals surface area contributed by atoms with E-state index in [9.17, 15) is 4.79 Å². The van der Waals surface area contributed by atoms with Crippen LogP contribution in [0.4, 0.5) is 5.69 Å². The first-order chi connectivity index (χ1) is 8.08. The Balaban J connectivity index is 2.82. The first kappa shape index (κ1) is 13.7. The molecule has 6 nitrogen and oxygen atoms in total. The third-order valence-electron chi connectivity index (χ3n) is 2.54. The number of hydrogen-bond donors (Lipinski definition) is 1. The molecule has 1 unspecified atom stereocenters. The first-order valence-electron chi connectivity index (χ1n) is 5.49. The van der Waals surface area contributed by atoms with Crippen molar-refractivity contribution in [3.05, 3.63) is 22.6 Å². The van der Waals surface area contributed by atoms with Crippen LogP contribution in [-0.4, -0.2) is 50.7 Å². The van der Waals surface area contributed by atoms with E-state index >= 15 is 0 Å². The standard InChI is InChI=1S/C11H20N4O2/c1-12-9(8-17-4)7-15-11(16)5-10(6-13-15)14(2)3/h5-6,9,12H,7-8H2,1-4H3. The summed E-state index contributed by atoms with van der Waals surface area (Å²) in [6.45, 7) is 1.04. The van der Waals surface area contributed by atoms with Gasteiger partial charge in [-0.15, -0.1) is 0 Å². The van der Waals surface area contributed by atoms with Crippen LogP contribution >= 0.6 is 0 Å². The summed E-state index contributed by atoms with van der Waals surface area (Å²) in [5.41, 5.74) is 0.701. The lowest BCUT2D eigenvalue weighted by atomic mass is 10.3. The summed E-state index contributed by atoms with van der Waals surface area (Å²) >= 11 is 0. The minimum Gasteiger partial charge on any atom is -0.383 e. The highest BCUT2D eigenvalue weighted by Gasteiger charge is 2.09. The van der Waals surface area contributed by atoms with Gasteiger partial charge in [0.1, 0.15) is 0 Å². The molecule has 0 radical (unpaired) electrons. The Labute approximate surface area is 101 Å². The number of likely N-dealkylation sites (N-methyl/N-ethyl adjacent to an activating group) is 1. The SMILES string of the molecule is CNC(COC)Cn1ncc(N(C)C)cc1=O. The van der Waals surface area contributed by atoms with Gasteiger partial charge in [0.15, 0.2) is 0 Å². The van der Waals surface area contributed by atoms with Crippen LogP contribution in [0.2, 0.25) is 0 Å². The summed E-state index contributed by atoms with van der Waals surface area (Å²) in [6.07, 6.45) is 1.68. The van der Waals surface area contributed by atoms with E-state index in [0.717, 1.165) is 5.69 Å². The van der Waals surface area contributed by atoms with E-state index in [2.05, 4.69) is 10.4 Å². The highest BCUT2D eigenvalue weighted by atomic mass is 16.5. The Morgan fingerprint density at radius 2 is 2.29 bits per heavy atom. The van der Waals surface area contributed by atoms with Crippen LogP contribution in [0.1, 0.15) is 0 Å². The van der Waals surface area contributed by atoms with Gasteiger partial charge < -0.3 is 15.0 Å². The van der Waals surface area contributed by atoms with Crippen LogP contribution in [0, 0.1) is 0 Å². The number of nitrogens with one attached hydrogen (secondary N) is 1. The Hall–Kier alpha value is -1.40. The molecule has 17 heavy (non-hydrogen) atoms. The van der Waals surface area contributed by atoms with E-state index in [0.29, 0.717) is 13.2 Å². The maximum atomic E-state index is 11.8. The molecule has 1 rings (SSSR count). The van der Waals surface area contributed by atoms with Crippen molar-refractivity contribution in [1.29, 1.82) is 0 Å². The number of hydrogen-bond acceptors (Lipinski definition) is 5. The average molecular weight is 240 g/mol. The highest BCUT2D eigenvalue weighted by Crippen LogP contribution is 2.03. The highest BCUT2D eigenvalue weighted by molar-refractivity contribution is 5.40. The van der Waals surface area contributed by atoms with E-state index in [1.54, 1.807) is 19.4 Å². The van der Waals surface area contributed by atoms with E-state index < -0.39 is 0 Å². The molecule has 0 spiro atoms. The second-order valence-electron chi connectivity index (χ2n) is 4.07. The zero-order valence-electron chi connectivity index (χ0n) is 10.8.